The van der Waals surface area contributed by atoms with Crippen LogP contribution in [0.3, 0.4) is 0 Å². The molecule has 0 saturated carbocycles. The van der Waals surface area contributed by atoms with Crippen molar-refractivity contribution in [2.24, 2.45) is 0 Å². The van der Waals surface area contributed by atoms with Gasteiger partial charge in [-0.2, -0.15) is 46.7 Å². The molecule has 0 spiro atoms. The zero-order chi connectivity index (χ0) is 53.2. The van der Waals surface area contributed by atoms with Gasteiger partial charge in [0.15, 0.2) is 0 Å². The lowest BCUT2D eigenvalue weighted by atomic mass is 10.1. The molecule has 6 rings (SSSR count). The van der Waals surface area contributed by atoms with E-state index >= 15 is 0 Å². The van der Waals surface area contributed by atoms with Crippen molar-refractivity contribution in [2.75, 3.05) is 86.8 Å². The van der Waals surface area contributed by atoms with E-state index in [9.17, 15) is 46.6 Å². The summed E-state index contributed by atoms with van der Waals surface area (Å²) in [6.07, 6.45) is 3.60. The van der Waals surface area contributed by atoms with Crippen LogP contribution in [0, 0.1) is 0 Å². The number of carbonyl (C=O) groups is 1. The first kappa shape index (κ1) is 58.5. The Labute approximate surface area is 425 Å². The van der Waals surface area contributed by atoms with Crippen molar-refractivity contribution in [2.45, 2.75) is 44.3 Å². The normalized spacial score (nSPS) is 11.2. The minimum absolute atomic E-state index is 0.0628. The molecule has 22 nitrogen and oxygen atoms in total. The highest BCUT2D eigenvalue weighted by Gasteiger charge is 2.21. The standard InChI is InChI=1S/C44H50N10O10S2.C3H6O2.C2H6/c1-64-66(62,63)38-29-37(46-42-48-40(27-32-10-6-3-7-11-32)50-44(52-42)54(20-24-57)21-25-58)17-15-34(38)13-12-33-14-16-36(28-35(33)30-65(59,60)61)45-41-47-39(26-31-8-4-2-5-9-31)49-43(51-41)53(18-22-55)19-23-56;1-2-5-3-4;1-2/h2-17,28-29,55-58H,18-27,30H2,1H3,(H,59,60,61)(H,45,47,49,51)(H,46,48,50,52);3H,2H2,1H3;1-2H3/b13-12+;;. The highest BCUT2D eigenvalue weighted by atomic mass is 32.2. The summed E-state index contributed by atoms with van der Waals surface area (Å²) >= 11 is 0. The summed E-state index contributed by atoms with van der Waals surface area (Å²) in [6.45, 7) is 6.27. The summed E-state index contributed by atoms with van der Waals surface area (Å²) in [5, 5.41) is 44.9. The third-order valence-electron chi connectivity index (χ3n) is 9.97. The van der Waals surface area contributed by atoms with Crippen molar-refractivity contribution in [3.05, 3.63) is 137 Å². The molecule has 0 radical (unpaired) electrons. The van der Waals surface area contributed by atoms with E-state index in [0.29, 0.717) is 48.8 Å². The molecule has 2 aromatic heterocycles. The van der Waals surface area contributed by atoms with Gasteiger partial charge in [-0.25, -0.2) is 0 Å². The Hall–Kier alpha value is -7.03. The van der Waals surface area contributed by atoms with Crippen LogP contribution in [0.15, 0.2) is 102 Å². The van der Waals surface area contributed by atoms with E-state index in [1.54, 1.807) is 34.9 Å². The third kappa shape index (κ3) is 19.2. The lowest BCUT2D eigenvalue weighted by Crippen LogP contribution is -2.32. The zero-order valence-electron chi connectivity index (χ0n) is 40.9. The SMILES string of the molecule is CC.CCOC=O.COS(=O)(=O)c1cc(Nc2nc(Cc3ccccc3)nc(N(CCO)CCO)n2)ccc1/C=C/c1ccc(Nc2nc(Cc3ccccc3)nc(N(CCO)CCO)n2)cc1CS(=O)(=O)O. The number of ether oxygens (including phenoxy) is 1. The monoisotopic (exact) mass is 1050 g/mol. The number of carbonyl (C=O) groups excluding carboxylic acids is 1. The smallest absolute Gasteiger partial charge is 0.297 e. The molecule has 0 atom stereocenters. The van der Waals surface area contributed by atoms with E-state index in [2.05, 4.69) is 45.3 Å². The Morgan fingerprint density at radius 3 is 1.44 bits per heavy atom. The number of aromatic nitrogens is 6. The van der Waals surface area contributed by atoms with Gasteiger partial charge in [0.2, 0.25) is 23.8 Å². The Kier molecular flexibility index (Phi) is 24.1. The average molecular weight is 1050 g/mol. The van der Waals surface area contributed by atoms with Crippen molar-refractivity contribution in [3.63, 3.8) is 0 Å². The molecule has 0 unspecified atom stereocenters. The first-order valence-electron chi connectivity index (χ1n) is 23.0. The van der Waals surface area contributed by atoms with E-state index < -0.39 is 26.0 Å². The van der Waals surface area contributed by atoms with E-state index in [-0.39, 0.29) is 98.1 Å². The number of hydrogen-bond donors (Lipinski definition) is 7. The maximum absolute atomic E-state index is 13.4. The van der Waals surface area contributed by atoms with Crippen molar-refractivity contribution >= 4 is 74.0 Å². The number of aliphatic hydroxyl groups is 4. The maximum Gasteiger partial charge on any atom is 0.297 e. The van der Waals surface area contributed by atoms with Crippen molar-refractivity contribution < 1.29 is 55.5 Å². The van der Waals surface area contributed by atoms with Crippen LogP contribution >= 0.6 is 0 Å². The van der Waals surface area contributed by atoms with Gasteiger partial charge in [-0.3, -0.25) is 13.5 Å². The summed E-state index contributed by atoms with van der Waals surface area (Å²) in [4.78, 5) is 39.4. The number of nitrogens with zero attached hydrogens (tertiary/aromatic N) is 8. The molecule has 0 fully saturated rings. The molecule has 24 heteroatoms. The van der Waals surface area contributed by atoms with Crippen molar-refractivity contribution in [3.8, 4) is 0 Å². The number of anilines is 6. The molecule has 7 N–H and O–H groups in total. The first-order valence-corrected chi connectivity index (χ1v) is 26.0. The summed E-state index contributed by atoms with van der Waals surface area (Å²) < 4.78 is 70.4. The van der Waals surface area contributed by atoms with Crippen molar-refractivity contribution in [1.29, 1.82) is 0 Å². The average Bonchev–Trinajstić information content (AvgIpc) is 3.37. The summed E-state index contributed by atoms with van der Waals surface area (Å²) in [5.41, 5.74) is 3.06. The number of nitrogens with one attached hydrogen (secondary N) is 2. The fourth-order valence-electron chi connectivity index (χ4n) is 6.76. The van der Waals surface area contributed by atoms with Gasteiger partial charge in [-0.1, -0.05) is 98.8 Å². The van der Waals surface area contributed by atoms with Gasteiger partial charge in [0.05, 0.1) is 40.1 Å². The predicted molar refractivity (Wildman–Crippen MR) is 278 cm³/mol. The second-order valence-electron chi connectivity index (χ2n) is 15.1. The van der Waals surface area contributed by atoms with Gasteiger partial charge in [-0.15, -0.1) is 0 Å². The Bertz CT molecular complexity index is 2890. The van der Waals surface area contributed by atoms with Gasteiger partial charge in [0.25, 0.3) is 26.7 Å². The van der Waals surface area contributed by atoms with Gasteiger partial charge in [-0.05, 0) is 59.0 Å². The minimum Gasteiger partial charge on any atom is -0.468 e. The fraction of sp³-hybridized carbons (Fsp3) is 0.327. The molecule has 6 aromatic rings. The number of benzene rings is 4. The fourth-order valence-corrected chi connectivity index (χ4v) is 8.28. The highest BCUT2D eigenvalue weighted by molar-refractivity contribution is 7.86. The summed E-state index contributed by atoms with van der Waals surface area (Å²) in [5.74, 6) is 0.471. The third-order valence-corrected chi connectivity index (χ3v) is 12.0. The number of hydrogen-bond acceptors (Lipinski definition) is 21. The summed E-state index contributed by atoms with van der Waals surface area (Å²) in [7, 11) is -7.92. The molecular formula is C49H62N10O12S2. The molecule has 73 heavy (non-hydrogen) atoms. The second kappa shape index (κ2) is 30.1. The van der Waals surface area contributed by atoms with E-state index in [0.717, 1.165) is 18.2 Å². The number of rotatable bonds is 26. The van der Waals surface area contributed by atoms with Crippen molar-refractivity contribution in [1.82, 2.24) is 29.9 Å². The van der Waals surface area contributed by atoms with E-state index in [4.69, 9.17) is 4.18 Å². The topological polar surface area (TPSA) is 313 Å². The largest absolute Gasteiger partial charge is 0.468 e. The second-order valence-corrected chi connectivity index (χ2v) is 18.2. The molecule has 0 aliphatic rings. The van der Waals surface area contributed by atoms with E-state index in [1.165, 1.54) is 30.4 Å². The van der Waals surface area contributed by atoms with Gasteiger partial charge < -0.3 is 45.6 Å². The lowest BCUT2D eigenvalue weighted by molar-refractivity contribution is -0.128. The minimum atomic E-state index is -4.58. The first-order chi connectivity index (χ1) is 35.2. The zero-order valence-corrected chi connectivity index (χ0v) is 42.6. The van der Waals surface area contributed by atoms with Gasteiger partial charge in [0.1, 0.15) is 22.3 Å². The van der Waals surface area contributed by atoms with Gasteiger partial charge in [0, 0.05) is 50.4 Å². The van der Waals surface area contributed by atoms with Crippen LogP contribution in [0.25, 0.3) is 12.2 Å². The maximum atomic E-state index is 13.4. The Balaban J connectivity index is 0.00000155. The number of aliphatic hydroxyl groups excluding tert-OH is 4. The van der Waals surface area contributed by atoms with E-state index in [1.807, 2.05) is 74.5 Å². The van der Waals surface area contributed by atoms with Crippen LogP contribution in [0.5, 0.6) is 0 Å². The molecule has 0 aliphatic carbocycles. The quantitative estimate of drug-likeness (QED) is 0.0171. The van der Waals surface area contributed by atoms with Crippen LogP contribution in [-0.4, -0.2) is 145 Å². The molecule has 0 amide bonds. The highest BCUT2D eigenvalue weighted by Crippen LogP contribution is 2.29. The molecule has 4 aromatic carbocycles. The Morgan fingerprint density at radius 1 is 0.603 bits per heavy atom. The predicted octanol–water partition coefficient (Wildman–Crippen LogP) is 4.41. The summed E-state index contributed by atoms with van der Waals surface area (Å²) in [6, 6.07) is 28.0. The molecule has 2 heterocycles. The van der Waals surface area contributed by atoms with Crippen LogP contribution in [0.2, 0.25) is 0 Å². The molecule has 0 bridgehead atoms. The lowest BCUT2D eigenvalue weighted by Gasteiger charge is -2.21. The van der Waals surface area contributed by atoms with Crippen LogP contribution in [-0.2, 0) is 52.5 Å². The Morgan fingerprint density at radius 2 is 1.04 bits per heavy atom. The molecular weight excluding hydrogens is 985 g/mol. The van der Waals surface area contributed by atoms with Crippen LogP contribution in [0.1, 0.15) is 60.2 Å². The molecule has 0 saturated heterocycles. The van der Waals surface area contributed by atoms with Gasteiger partial charge >= 0.3 is 0 Å². The van der Waals surface area contributed by atoms with Crippen LogP contribution in [0.4, 0.5) is 35.2 Å². The molecule has 392 valence electrons. The van der Waals surface area contributed by atoms with Crippen LogP contribution < -0.4 is 20.4 Å². The molecule has 0 aliphatic heterocycles.